The van der Waals surface area contributed by atoms with Gasteiger partial charge in [0.2, 0.25) is 0 Å². The predicted molar refractivity (Wildman–Crippen MR) is 78.0 cm³/mol. The van der Waals surface area contributed by atoms with Crippen LogP contribution in [-0.2, 0) is 11.2 Å². The van der Waals surface area contributed by atoms with Crippen LogP contribution in [0.5, 0.6) is 0 Å². The minimum absolute atomic E-state index is 0.394. The van der Waals surface area contributed by atoms with Crippen molar-refractivity contribution in [2.75, 3.05) is 19.8 Å². The highest BCUT2D eigenvalue weighted by molar-refractivity contribution is 5.24. The minimum atomic E-state index is 0.394. The zero-order chi connectivity index (χ0) is 13.2. The largest absolute Gasteiger partial charge is 0.380 e. The molecule has 0 aliphatic rings. The van der Waals surface area contributed by atoms with Crippen LogP contribution in [0.1, 0.15) is 50.8 Å². The van der Waals surface area contributed by atoms with Crippen molar-refractivity contribution >= 4 is 0 Å². The van der Waals surface area contributed by atoms with Crippen LogP contribution in [0.4, 0.5) is 0 Å². The molecular formula is C16H27NO. The molecule has 0 aromatic heterocycles. The van der Waals surface area contributed by atoms with Crippen LogP contribution in [0, 0.1) is 0 Å². The third kappa shape index (κ3) is 5.65. The molecule has 0 amide bonds. The number of nitrogens with one attached hydrogen (secondary N) is 1. The maximum absolute atomic E-state index is 5.53. The standard InChI is InChI=1S/C16H27NO/c1-4-6-12-18-13-11-17-14(3)16-9-7-15(5-2)8-10-16/h7-10,14,17H,4-6,11-13H2,1-3H3. The van der Waals surface area contributed by atoms with E-state index in [1.54, 1.807) is 0 Å². The van der Waals surface area contributed by atoms with Gasteiger partial charge in [0.05, 0.1) is 6.61 Å². The van der Waals surface area contributed by atoms with Crippen LogP contribution >= 0.6 is 0 Å². The number of aryl methyl sites for hydroxylation is 1. The maximum Gasteiger partial charge on any atom is 0.0591 e. The number of unbranched alkanes of at least 4 members (excludes halogenated alkanes) is 1. The van der Waals surface area contributed by atoms with Crippen molar-refractivity contribution in [3.63, 3.8) is 0 Å². The molecule has 1 unspecified atom stereocenters. The average molecular weight is 249 g/mol. The molecule has 1 atom stereocenters. The molecule has 0 fully saturated rings. The van der Waals surface area contributed by atoms with Crippen molar-refractivity contribution in [1.82, 2.24) is 5.32 Å². The maximum atomic E-state index is 5.53. The van der Waals surface area contributed by atoms with Crippen molar-refractivity contribution in [3.8, 4) is 0 Å². The summed E-state index contributed by atoms with van der Waals surface area (Å²) >= 11 is 0. The average Bonchev–Trinajstić information content (AvgIpc) is 2.42. The molecule has 2 heteroatoms. The van der Waals surface area contributed by atoms with Gasteiger partial charge in [-0.2, -0.15) is 0 Å². The monoisotopic (exact) mass is 249 g/mol. The third-order valence-corrected chi connectivity index (χ3v) is 3.23. The van der Waals surface area contributed by atoms with E-state index in [-0.39, 0.29) is 0 Å². The van der Waals surface area contributed by atoms with Crippen molar-refractivity contribution in [2.24, 2.45) is 0 Å². The molecule has 18 heavy (non-hydrogen) atoms. The molecule has 1 N–H and O–H groups in total. The molecule has 2 nitrogen and oxygen atoms in total. The summed E-state index contributed by atoms with van der Waals surface area (Å²) in [5.41, 5.74) is 2.75. The van der Waals surface area contributed by atoms with Crippen molar-refractivity contribution in [1.29, 1.82) is 0 Å². The lowest BCUT2D eigenvalue weighted by atomic mass is 10.1. The first-order valence-corrected chi connectivity index (χ1v) is 7.17. The van der Waals surface area contributed by atoms with Gasteiger partial charge in [-0.3, -0.25) is 0 Å². The molecule has 0 bridgehead atoms. The van der Waals surface area contributed by atoms with Gasteiger partial charge in [0.15, 0.2) is 0 Å². The van der Waals surface area contributed by atoms with Gasteiger partial charge in [0.25, 0.3) is 0 Å². The Balaban J connectivity index is 2.21. The summed E-state index contributed by atoms with van der Waals surface area (Å²) in [5, 5.41) is 3.49. The fourth-order valence-corrected chi connectivity index (χ4v) is 1.86. The SMILES string of the molecule is CCCCOCCNC(C)c1ccc(CC)cc1. The number of benzene rings is 1. The van der Waals surface area contributed by atoms with Gasteiger partial charge in [-0.1, -0.05) is 44.5 Å². The molecule has 1 aromatic rings. The summed E-state index contributed by atoms with van der Waals surface area (Å²) in [7, 11) is 0. The summed E-state index contributed by atoms with van der Waals surface area (Å²) in [6.45, 7) is 9.18. The number of hydrogen-bond donors (Lipinski definition) is 1. The second-order valence-corrected chi connectivity index (χ2v) is 4.74. The Morgan fingerprint density at radius 2 is 1.83 bits per heavy atom. The van der Waals surface area contributed by atoms with E-state index in [1.165, 1.54) is 17.5 Å². The molecule has 0 radical (unpaired) electrons. The molecule has 0 spiro atoms. The molecule has 0 aliphatic carbocycles. The molecule has 0 aliphatic heterocycles. The molecule has 0 saturated heterocycles. The Labute approximate surface area is 112 Å². The molecule has 1 rings (SSSR count). The Morgan fingerprint density at radius 3 is 2.44 bits per heavy atom. The minimum Gasteiger partial charge on any atom is -0.380 e. The van der Waals surface area contributed by atoms with Gasteiger partial charge < -0.3 is 10.1 Å². The van der Waals surface area contributed by atoms with Gasteiger partial charge in [-0.05, 0) is 30.9 Å². The summed E-state index contributed by atoms with van der Waals surface area (Å²) < 4.78 is 5.53. The fraction of sp³-hybridized carbons (Fsp3) is 0.625. The number of ether oxygens (including phenoxy) is 1. The van der Waals surface area contributed by atoms with Crippen LogP contribution in [0.15, 0.2) is 24.3 Å². The lowest BCUT2D eigenvalue weighted by Crippen LogP contribution is -2.23. The Hall–Kier alpha value is -0.860. The Kier molecular flexibility index (Phi) is 7.70. The fourth-order valence-electron chi connectivity index (χ4n) is 1.86. The molecule has 102 valence electrons. The first-order chi connectivity index (χ1) is 8.77. The summed E-state index contributed by atoms with van der Waals surface area (Å²) in [4.78, 5) is 0. The zero-order valence-electron chi connectivity index (χ0n) is 12.0. The quantitative estimate of drug-likeness (QED) is 0.674. The topological polar surface area (TPSA) is 21.3 Å². The second kappa shape index (κ2) is 9.12. The van der Waals surface area contributed by atoms with Crippen LogP contribution < -0.4 is 5.32 Å². The van der Waals surface area contributed by atoms with E-state index in [4.69, 9.17) is 4.74 Å². The molecule has 1 aromatic carbocycles. The Morgan fingerprint density at radius 1 is 1.11 bits per heavy atom. The molecule has 0 saturated carbocycles. The van der Waals surface area contributed by atoms with Gasteiger partial charge in [0, 0.05) is 19.2 Å². The first-order valence-electron chi connectivity index (χ1n) is 7.17. The van der Waals surface area contributed by atoms with Crippen molar-refractivity contribution in [3.05, 3.63) is 35.4 Å². The van der Waals surface area contributed by atoms with Gasteiger partial charge >= 0.3 is 0 Å². The Bertz CT molecular complexity index is 307. The summed E-state index contributed by atoms with van der Waals surface area (Å²) in [5.74, 6) is 0. The van der Waals surface area contributed by atoms with Crippen molar-refractivity contribution in [2.45, 2.75) is 46.1 Å². The highest BCUT2D eigenvalue weighted by Gasteiger charge is 2.03. The highest BCUT2D eigenvalue weighted by Crippen LogP contribution is 2.13. The van der Waals surface area contributed by atoms with E-state index in [0.29, 0.717) is 6.04 Å². The van der Waals surface area contributed by atoms with E-state index in [9.17, 15) is 0 Å². The summed E-state index contributed by atoms with van der Waals surface area (Å²) in [6.07, 6.45) is 3.47. The van der Waals surface area contributed by atoms with Crippen LogP contribution in [-0.4, -0.2) is 19.8 Å². The van der Waals surface area contributed by atoms with E-state index in [0.717, 1.165) is 32.6 Å². The van der Waals surface area contributed by atoms with Crippen LogP contribution in [0.2, 0.25) is 0 Å². The molecule has 0 heterocycles. The highest BCUT2D eigenvalue weighted by atomic mass is 16.5. The van der Waals surface area contributed by atoms with Gasteiger partial charge in [-0.15, -0.1) is 0 Å². The van der Waals surface area contributed by atoms with Crippen LogP contribution in [0.3, 0.4) is 0 Å². The number of hydrogen-bond acceptors (Lipinski definition) is 2. The predicted octanol–water partition coefficient (Wildman–Crippen LogP) is 3.72. The van der Waals surface area contributed by atoms with Gasteiger partial charge in [-0.25, -0.2) is 0 Å². The lowest BCUT2D eigenvalue weighted by Gasteiger charge is -2.14. The van der Waals surface area contributed by atoms with E-state index >= 15 is 0 Å². The van der Waals surface area contributed by atoms with Crippen molar-refractivity contribution < 1.29 is 4.74 Å². The zero-order valence-corrected chi connectivity index (χ0v) is 12.0. The normalized spacial score (nSPS) is 12.6. The summed E-state index contributed by atoms with van der Waals surface area (Å²) in [6, 6.07) is 9.25. The second-order valence-electron chi connectivity index (χ2n) is 4.74. The van der Waals surface area contributed by atoms with E-state index in [1.807, 2.05) is 0 Å². The van der Waals surface area contributed by atoms with E-state index < -0.39 is 0 Å². The smallest absolute Gasteiger partial charge is 0.0591 e. The van der Waals surface area contributed by atoms with Gasteiger partial charge in [0.1, 0.15) is 0 Å². The third-order valence-electron chi connectivity index (χ3n) is 3.23. The lowest BCUT2D eigenvalue weighted by molar-refractivity contribution is 0.131. The molecular weight excluding hydrogens is 222 g/mol. The number of rotatable bonds is 9. The van der Waals surface area contributed by atoms with Crippen LogP contribution in [0.25, 0.3) is 0 Å². The first kappa shape index (κ1) is 15.2. The van der Waals surface area contributed by atoms with E-state index in [2.05, 4.69) is 50.4 Å².